The van der Waals surface area contributed by atoms with Crippen LogP contribution in [0.4, 0.5) is 0 Å². The number of hydrogen-bond acceptors (Lipinski definition) is 3. The Kier molecular flexibility index (Phi) is 4.56. The number of aryl methyl sites for hydroxylation is 1. The molecule has 0 bridgehead atoms. The van der Waals surface area contributed by atoms with Gasteiger partial charge in [-0.1, -0.05) is 31.5 Å². The van der Waals surface area contributed by atoms with E-state index >= 15 is 0 Å². The smallest absolute Gasteiger partial charge is 0.252 e. The van der Waals surface area contributed by atoms with Gasteiger partial charge in [-0.3, -0.25) is 14.2 Å². The van der Waals surface area contributed by atoms with E-state index in [2.05, 4.69) is 11.9 Å². The molecule has 0 amide bonds. The SMILES string of the molecule is CCCCn1c(=O)cc(-c2cccc(C(C)=O)c2)c2cccnc21. The van der Waals surface area contributed by atoms with Gasteiger partial charge in [-0.05, 0) is 42.7 Å². The Labute approximate surface area is 140 Å². The number of nitrogens with zero attached hydrogens (tertiary/aromatic N) is 2. The molecule has 0 radical (unpaired) electrons. The Hall–Kier alpha value is -2.75. The summed E-state index contributed by atoms with van der Waals surface area (Å²) in [6.07, 6.45) is 3.66. The molecule has 24 heavy (non-hydrogen) atoms. The molecule has 4 heteroatoms. The Balaban J connectivity index is 2.25. The summed E-state index contributed by atoms with van der Waals surface area (Å²) >= 11 is 0. The second-order valence-corrected chi connectivity index (χ2v) is 5.91. The van der Waals surface area contributed by atoms with E-state index in [1.165, 1.54) is 0 Å². The molecule has 3 rings (SSSR count). The van der Waals surface area contributed by atoms with Crippen molar-refractivity contribution in [3.63, 3.8) is 0 Å². The topological polar surface area (TPSA) is 52.0 Å². The molecule has 3 aromatic rings. The highest BCUT2D eigenvalue weighted by atomic mass is 16.1. The first-order valence-corrected chi connectivity index (χ1v) is 8.21. The zero-order valence-electron chi connectivity index (χ0n) is 14.0. The summed E-state index contributed by atoms with van der Waals surface area (Å²) < 4.78 is 1.73. The van der Waals surface area contributed by atoms with Crippen molar-refractivity contribution in [2.45, 2.75) is 33.2 Å². The van der Waals surface area contributed by atoms with E-state index in [1.807, 2.05) is 30.3 Å². The van der Waals surface area contributed by atoms with Gasteiger partial charge in [0.2, 0.25) is 0 Å². The summed E-state index contributed by atoms with van der Waals surface area (Å²) in [6.45, 7) is 4.31. The normalized spacial score (nSPS) is 10.9. The monoisotopic (exact) mass is 320 g/mol. The molecule has 4 nitrogen and oxygen atoms in total. The second-order valence-electron chi connectivity index (χ2n) is 5.91. The lowest BCUT2D eigenvalue weighted by atomic mass is 9.99. The lowest BCUT2D eigenvalue weighted by Crippen LogP contribution is -2.21. The lowest BCUT2D eigenvalue weighted by molar-refractivity contribution is 0.101. The van der Waals surface area contributed by atoms with Gasteiger partial charge in [0, 0.05) is 29.8 Å². The van der Waals surface area contributed by atoms with E-state index < -0.39 is 0 Å². The van der Waals surface area contributed by atoms with Gasteiger partial charge in [0.1, 0.15) is 5.65 Å². The molecule has 0 saturated carbocycles. The van der Waals surface area contributed by atoms with Crippen molar-refractivity contribution in [1.29, 1.82) is 0 Å². The van der Waals surface area contributed by atoms with Crippen LogP contribution in [0.2, 0.25) is 0 Å². The van der Waals surface area contributed by atoms with E-state index in [0.717, 1.165) is 29.4 Å². The summed E-state index contributed by atoms with van der Waals surface area (Å²) in [4.78, 5) is 28.7. The molecule has 122 valence electrons. The van der Waals surface area contributed by atoms with Crippen LogP contribution in [0.15, 0.2) is 53.5 Å². The summed E-state index contributed by atoms with van der Waals surface area (Å²) in [6, 6.07) is 12.9. The van der Waals surface area contributed by atoms with Gasteiger partial charge in [0.15, 0.2) is 5.78 Å². The van der Waals surface area contributed by atoms with Crippen LogP contribution >= 0.6 is 0 Å². The Morgan fingerprint density at radius 1 is 1.17 bits per heavy atom. The molecule has 0 aliphatic heterocycles. The van der Waals surface area contributed by atoms with Crippen LogP contribution in [-0.4, -0.2) is 15.3 Å². The number of aromatic nitrogens is 2. The standard InChI is InChI=1S/C20H20N2O2/c1-3-4-11-22-19(24)13-18(17-9-6-10-21-20(17)22)16-8-5-7-15(12-16)14(2)23/h5-10,12-13H,3-4,11H2,1-2H3. The van der Waals surface area contributed by atoms with Crippen molar-refractivity contribution in [2.75, 3.05) is 0 Å². The molecule has 0 aliphatic rings. The van der Waals surface area contributed by atoms with Crippen molar-refractivity contribution >= 4 is 16.8 Å². The zero-order chi connectivity index (χ0) is 17.1. The summed E-state index contributed by atoms with van der Waals surface area (Å²) in [5.74, 6) is 0.00979. The van der Waals surface area contributed by atoms with Crippen LogP contribution in [0.1, 0.15) is 37.0 Å². The van der Waals surface area contributed by atoms with Crippen molar-refractivity contribution in [2.24, 2.45) is 0 Å². The van der Waals surface area contributed by atoms with Gasteiger partial charge in [-0.15, -0.1) is 0 Å². The second kappa shape index (κ2) is 6.79. The van der Waals surface area contributed by atoms with Crippen molar-refractivity contribution in [1.82, 2.24) is 9.55 Å². The predicted molar refractivity (Wildman–Crippen MR) is 96.4 cm³/mol. The average molecular weight is 320 g/mol. The minimum absolute atomic E-state index is 0.00979. The third-order valence-electron chi connectivity index (χ3n) is 4.18. The van der Waals surface area contributed by atoms with E-state index in [-0.39, 0.29) is 11.3 Å². The molecular weight excluding hydrogens is 300 g/mol. The Bertz CT molecular complexity index is 957. The molecular formula is C20H20N2O2. The van der Waals surface area contributed by atoms with Gasteiger partial charge in [-0.2, -0.15) is 0 Å². The summed E-state index contributed by atoms with van der Waals surface area (Å²) in [7, 11) is 0. The first-order valence-electron chi connectivity index (χ1n) is 8.21. The summed E-state index contributed by atoms with van der Waals surface area (Å²) in [5.41, 5.74) is 2.96. The number of benzene rings is 1. The minimum atomic E-state index is -0.0575. The van der Waals surface area contributed by atoms with Crippen LogP contribution in [0, 0.1) is 0 Å². The maximum absolute atomic E-state index is 12.6. The summed E-state index contributed by atoms with van der Waals surface area (Å²) in [5, 5.41) is 0.925. The fourth-order valence-corrected chi connectivity index (χ4v) is 2.88. The van der Waals surface area contributed by atoms with Crippen molar-refractivity contribution in [3.8, 4) is 11.1 Å². The van der Waals surface area contributed by atoms with Crippen LogP contribution < -0.4 is 5.56 Å². The first-order chi connectivity index (χ1) is 11.6. The maximum atomic E-state index is 12.6. The molecule has 0 N–H and O–H groups in total. The number of carbonyl (C=O) groups is 1. The Morgan fingerprint density at radius 2 is 2.00 bits per heavy atom. The molecule has 0 fully saturated rings. The van der Waals surface area contributed by atoms with Crippen LogP contribution in [0.5, 0.6) is 0 Å². The van der Waals surface area contributed by atoms with Gasteiger partial charge in [0.25, 0.3) is 5.56 Å². The van der Waals surface area contributed by atoms with Gasteiger partial charge in [-0.25, -0.2) is 4.98 Å². The highest BCUT2D eigenvalue weighted by Crippen LogP contribution is 2.27. The molecule has 0 atom stereocenters. The third-order valence-corrected chi connectivity index (χ3v) is 4.18. The van der Waals surface area contributed by atoms with Crippen LogP contribution in [-0.2, 0) is 6.54 Å². The highest BCUT2D eigenvalue weighted by Gasteiger charge is 2.12. The Morgan fingerprint density at radius 3 is 2.75 bits per heavy atom. The van der Waals surface area contributed by atoms with E-state index in [9.17, 15) is 9.59 Å². The number of ketones is 1. The molecule has 0 aliphatic carbocycles. The van der Waals surface area contributed by atoms with Crippen molar-refractivity contribution < 1.29 is 4.79 Å². The maximum Gasteiger partial charge on any atom is 0.252 e. The molecule has 2 heterocycles. The number of Topliss-reactive ketones (excluding diaryl/α,β-unsaturated/α-hetero) is 1. The van der Waals surface area contributed by atoms with Gasteiger partial charge >= 0.3 is 0 Å². The highest BCUT2D eigenvalue weighted by molar-refractivity contribution is 5.98. The quantitative estimate of drug-likeness (QED) is 0.666. The van der Waals surface area contributed by atoms with Crippen LogP contribution in [0.3, 0.4) is 0 Å². The number of pyridine rings is 2. The number of hydrogen-bond donors (Lipinski definition) is 0. The molecule has 2 aromatic heterocycles. The number of unbranched alkanes of at least 4 members (excludes halogenated alkanes) is 1. The fraction of sp³-hybridized carbons (Fsp3) is 0.250. The van der Waals surface area contributed by atoms with E-state index in [1.54, 1.807) is 29.8 Å². The number of rotatable bonds is 5. The molecule has 0 spiro atoms. The lowest BCUT2D eigenvalue weighted by Gasteiger charge is -2.13. The van der Waals surface area contributed by atoms with Crippen LogP contribution in [0.25, 0.3) is 22.2 Å². The van der Waals surface area contributed by atoms with Gasteiger partial charge < -0.3 is 0 Å². The molecule has 1 aromatic carbocycles. The minimum Gasteiger partial charge on any atom is -0.295 e. The number of carbonyl (C=O) groups excluding carboxylic acids is 1. The van der Waals surface area contributed by atoms with E-state index in [0.29, 0.717) is 17.8 Å². The third kappa shape index (κ3) is 3.00. The largest absolute Gasteiger partial charge is 0.295 e. The number of fused-ring (bicyclic) bond motifs is 1. The van der Waals surface area contributed by atoms with E-state index in [4.69, 9.17) is 0 Å². The fourth-order valence-electron chi connectivity index (χ4n) is 2.88. The first kappa shape index (κ1) is 16.1. The molecule has 0 unspecified atom stereocenters. The van der Waals surface area contributed by atoms with Gasteiger partial charge in [0.05, 0.1) is 0 Å². The predicted octanol–water partition coefficient (Wildman–Crippen LogP) is 4.07. The zero-order valence-corrected chi connectivity index (χ0v) is 14.0. The average Bonchev–Trinajstić information content (AvgIpc) is 2.60. The van der Waals surface area contributed by atoms with Crippen molar-refractivity contribution in [3.05, 3.63) is 64.6 Å². The molecule has 0 saturated heterocycles.